The van der Waals surface area contributed by atoms with Gasteiger partial charge in [-0.2, -0.15) is 0 Å². The maximum atomic E-state index is 5.44. The Labute approximate surface area is 180 Å². The van der Waals surface area contributed by atoms with Crippen molar-refractivity contribution in [2.45, 2.75) is 89.4 Å². The highest BCUT2D eigenvalue weighted by Gasteiger charge is 2.14. The molecule has 0 bridgehead atoms. The smallest absolute Gasteiger partial charge is 0.166 e. The van der Waals surface area contributed by atoms with Gasteiger partial charge in [0.05, 0.1) is 0 Å². The lowest BCUT2D eigenvalue weighted by atomic mass is 9.96. The molecule has 0 radical (unpaired) electrons. The molecule has 0 atom stereocenters. The summed E-state index contributed by atoms with van der Waals surface area (Å²) in [5.74, 6) is 0. The number of thiocarbonyl (C=S) groups is 2. The molecule has 0 saturated heterocycles. The highest BCUT2D eigenvalue weighted by Crippen LogP contribution is 2.18. The van der Waals surface area contributed by atoms with Gasteiger partial charge >= 0.3 is 0 Å². The van der Waals surface area contributed by atoms with Gasteiger partial charge in [0.1, 0.15) is 0 Å². The van der Waals surface area contributed by atoms with Crippen LogP contribution in [0, 0.1) is 0 Å². The molecule has 2 aliphatic rings. The molecule has 2 aliphatic carbocycles. The minimum atomic E-state index is 0.549. The van der Waals surface area contributed by atoms with E-state index >= 15 is 0 Å². The van der Waals surface area contributed by atoms with Crippen molar-refractivity contribution in [3.63, 3.8) is 0 Å². The standard InChI is InChI=1S/C22H34N4S2/c27-21(25-19-7-3-1-4-8-19)23-15-17-11-13-18(14-12-17)16-24-22(28)26-20-9-5-2-6-10-20/h11-14,19-20H,1-10,15-16H2,(H2,23,25,27)(H2,24,26,28). The van der Waals surface area contributed by atoms with Crippen LogP contribution in [0.5, 0.6) is 0 Å². The Hall–Kier alpha value is -1.40. The molecule has 0 aliphatic heterocycles. The van der Waals surface area contributed by atoms with Gasteiger partial charge < -0.3 is 21.3 Å². The van der Waals surface area contributed by atoms with Crippen molar-refractivity contribution in [3.8, 4) is 0 Å². The molecule has 28 heavy (non-hydrogen) atoms. The van der Waals surface area contributed by atoms with Crippen LogP contribution in [0.15, 0.2) is 24.3 Å². The fraction of sp³-hybridized carbons (Fsp3) is 0.636. The third-order valence-electron chi connectivity index (χ3n) is 5.81. The van der Waals surface area contributed by atoms with Crippen LogP contribution in [-0.4, -0.2) is 22.3 Å². The summed E-state index contributed by atoms with van der Waals surface area (Å²) in [7, 11) is 0. The predicted molar refractivity (Wildman–Crippen MR) is 125 cm³/mol. The van der Waals surface area contributed by atoms with E-state index in [1.807, 2.05) is 0 Å². The van der Waals surface area contributed by atoms with Gasteiger partial charge in [-0.05, 0) is 61.2 Å². The van der Waals surface area contributed by atoms with E-state index in [9.17, 15) is 0 Å². The van der Waals surface area contributed by atoms with E-state index in [0.29, 0.717) is 12.1 Å². The van der Waals surface area contributed by atoms with Crippen LogP contribution in [0.4, 0.5) is 0 Å². The molecule has 0 heterocycles. The van der Waals surface area contributed by atoms with Crippen LogP contribution < -0.4 is 21.3 Å². The summed E-state index contributed by atoms with van der Waals surface area (Å²) in [5, 5.41) is 15.1. The van der Waals surface area contributed by atoms with Gasteiger partial charge in [-0.25, -0.2) is 0 Å². The van der Waals surface area contributed by atoms with Crippen LogP contribution in [0.25, 0.3) is 0 Å². The lowest BCUT2D eigenvalue weighted by Gasteiger charge is -2.24. The van der Waals surface area contributed by atoms with E-state index in [-0.39, 0.29) is 0 Å². The Morgan fingerprint density at radius 1 is 0.643 bits per heavy atom. The van der Waals surface area contributed by atoms with Gasteiger partial charge in [-0.1, -0.05) is 62.8 Å². The van der Waals surface area contributed by atoms with Crippen molar-refractivity contribution < 1.29 is 0 Å². The second kappa shape index (κ2) is 11.6. The fourth-order valence-corrected chi connectivity index (χ4v) is 4.58. The van der Waals surface area contributed by atoms with E-state index in [0.717, 1.165) is 23.3 Å². The highest BCUT2D eigenvalue weighted by molar-refractivity contribution is 7.80. The van der Waals surface area contributed by atoms with Gasteiger partial charge in [0.15, 0.2) is 10.2 Å². The van der Waals surface area contributed by atoms with Crippen LogP contribution in [0.1, 0.15) is 75.3 Å². The van der Waals surface area contributed by atoms with E-state index in [4.69, 9.17) is 24.4 Å². The van der Waals surface area contributed by atoms with Crippen LogP contribution in [0.2, 0.25) is 0 Å². The highest BCUT2D eigenvalue weighted by atomic mass is 32.1. The largest absolute Gasteiger partial charge is 0.360 e. The number of rotatable bonds is 6. The molecule has 2 saturated carbocycles. The minimum absolute atomic E-state index is 0.549. The van der Waals surface area contributed by atoms with E-state index < -0.39 is 0 Å². The molecule has 4 N–H and O–H groups in total. The lowest BCUT2D eigenvalue weighted by molar-refractivity contribution is 0.412. The molecule has 3 rings (SSSR count). The van der Waals surface area contributed by atoms with Crippen molar-refractivity contribution in [2.75, 3.05) is 0 Å². The SMILES string of the molecule is S=C(NCc1ccc(CNC(=S)NC2CCCCC2)cc1)NC1CCCCC1. The Morgan fingerprint density at radius 2 is 1.00 bits per heavy atom. The van der Waals surface area contributed by atoms with Gasteiger partial charge in [-0.15, -0.1) is 0 Å². The topological polar surface area (TPSA) is 48.1 Å². The molecule has 1 aromatic rings. The number of benzene rings is 1. The van der Waals surface area contributed by atoms with E-state index in [1.165, 1.54) is 75.3 Å². The molecule has 0 aromatic heterocycles. The maximum Gasteiger partial charge on any atom is 0.166 e. The number of nitrogens with one attached hydrogen (secondary N) is 4. The minimum Gasteiger partial charge on any atom is -0.360 e. The molecular formula is C22H34N4S2. The first-order chi connectivity index (χ1) is 13.7. The average molecular weight is 419 g/mol. The summed E-state index contributed by atoms with van der Waals surface area (Å²) < 4.78 is 0. The molecular weight excluding hydrogens is 384 g/mol. The molecule has 2 fully saturated rings. The van der Waals surface area contributed by atoms with Crippen molar-refractivity contribution in [1.29, 1.82) is 0 Å². The molecule has 0 unspecified atom stereocenters. The Bertz CT molecular complexity index is 565. The van der Waals surface area contributed by atoms with Crippen molar-refractivity contribution >= 4 is 34.7 Å². The van der Waals surface area contributed by atoms with Crippen molar-refractivity contribution in [1.82, 2.24) is 21.3 Å². The number of hydrogen-bond acceptors (Lipinski definition) is 2. The summed E-state index contributed by atoms with van der Waals surface area (Å²) in [6.07, 6.45) is 12.9. The molecule has 4 nitrogen and oxygen atoms in total. The Balaban J connectivity index is 1.33. The maximum absolute atomic E-state index is 5.44. The first-order valence-corrected chi connectivity index (χ1v) is 11.7. The third-order valence-corrected chi connectivity index (χ3v) is 6.33. The van der Waals surface area contributed by atoms with Gasteiger partial charge in [0, 0.05) is 25.2 Å². The summed E-state index contributed by atoms with van der Waals surface area (Å²) in [6.45, 7) is 1.52. The summed E-state index contributed by atoms with van der Waals surface area (Å²) in [6, 6.07) is 9.73. The molecule has 0 spiro atoms. The molecule has 1 aromatic carbocycles. The third kappa shape index (κ3) is 7.55. The zero-order valence-electron chi connectivity index (χ0n) is 16.8. The molecule has 154 valence electrons. The Kier molecular flexibility index (Phi) is 8.80. The first-order valence-electron chi connectivity index (χ1n) is 10.9. The summed E-state index contributed by atoms with van der Waals surface area (Å²) in [5.41, 5.74) is 2.47. The van der Waals surface area contributed by atoms with Crippen LogP contribution in [0.3, 0.4) is 0 Å². The van der Waals surface area contributed by atoms with Crippen molar-refractivity contribution in [2.24, 2.45) is 0 Å². The second-order valence-electron chi connectivity index (χ2n) is 8.14. The zero-order valence-corrected chi connectivity index (χ0v) is 18.4. The number of hydrogen-bond donors (Lipinski definition) is 4. The van der Waals surface area contributed by atoms with E-state index in [2.05, 4.69) is 45.5 Å². The van der Waals surface area contributed by atoms with Crippen LogP contribution in [-0.2, 0) is 13.1 Å². The summed E-state index contributed by atoms with van der Waals surface area (Å²) in [4.78, 5) is 0. The second-order valence-corrected chi connectivity index (χ2v) is 8.96. The average Bonchev–Trinajstić information content (AvgIpc) is 2.73. The predicted octanol–water partition coefficient (Wildman–Crippen LogP) is 4.28. The van der Waals surface area contributed by atoms with E-state index in [1.54, 1.807) is 0 Å². The zero-order chi connectivity index (χ0) is 19.6. The lowest BCUT2D eigenvalue weighted by Crippen LogP contribution is -2.42. The fourth-order valence-electron chi connectivity index (χ4n) is 4.11. The van der Waals surface area contributed by atoms with Gasteiger partial charge in [-0.3, -0.25) is 0 Å². The monoisotopic (exact) mass is 418 g/mol. The van der Waals surface area contributed by atoms with Gasteiger partial charge in [0.25, 0.3) is 0 Å². The summed E-state index contributed by atoms with van der Waals surface area (Å²) >= 11 is 10.9. The Morgan fingerprint density at radius 3 is 1.36 bits per heavy atom. The van der Waals surface area contributed by atoms with Crippen molar-refractivity contribution in [3.05, 3.63) is 35.4 Å². The van der Waals surface area contributed by atoms with Gasteiger partial charge in [0.2, 0.25) is 0 Å². The quantitative estimate of drug-likeness (QED) is 0.517. The van der Waals surface area contributed by atoms with Crippen LogP contribution >= 0.6 is 24.4 Å². The first kappa shape index (κ1) is 21.3. The molecule has 6 heteroatoms. The molecule has 0 amide bonds. The normalized spacial score (nSPS) is 18.3.